The number of pyridine rings is 1. The number of carbonyl (C=O) groups is 1. The zero-order valence-electron chi connectivity index (χ0n) is 14.4. The third-order valence-corrected chi connectivity index (χ3v) is 3.36. The van der Waals surface area contributed by atoms with Gasteiger partial charge in [-0.1, -0.05) is 6.07 Å². The van der Waals surface area contributed by atoms with E-state index in [0.717, 1.165) is 11.4 Å². The van der Waals surface area contributed by atoms with Crippen molar-refractivity contribution in [2.45, 2.75) is 26.4 Å². The van der Waals surface area contributed by atoms with E-state index in [-0.39, 0.29) is 5.91 Å². The van der Waals surface area contributed by atoms with Crippen LogP contribution in [-0.2, 0) is 6.54 Å². The summed E-state index contributed by atoms with van der Waals surface area (Å²) in [7, 11) is 3.17. The maximum absolute atomic E-state index is 12.2. The lowest BCUT2D eigenvalue weighted by Crippen LogP contribution is -2.23. The van der Waals surface area contributed by atoms with Gasteiger partial charge >= 0.3 is 0 Å². The highest BCUT2D eigenvalue weighted by molar-refractivity contribution is 5.94. The van der Waals surface area contributed by atoms with E-state index in [4.69, 9.17) is 9.47 Å². The van der Waals surface area contributed by atoms with E-state index in [1.165, 1.54) is 0 Å². The Labute approximate surface area is 142 Å². The smallest absolute Gasteiger partial charge is 0.253 e. The Morgan fingerprint density at radius 2 is 1.88 bits per heavy atom. The van der Waals surface area contributed by atoms with Crippen LogP contribution in [0.2, 0.25) is 0 Å². The number of hydrogen-bond donors (Lipinski definition) is 2. The van der Waals surface area contributed by atoms with Crippen LogP contribution in [0.1, 0.15) is 29.8 Å². The van der Waals surface area contributed by atoms with Crippen LogP contribution in [0.5, 0.6) is 11.5 Å². The van der Waals surface area contributed by atoms with Gasteiger partial charge in [0.15, 0.2) is 11.5 Å². The van der Waals surface area contributed by atoms with E-state index in [0.29, 0.717) is 29.6 Å². The fourth-order valence-electron chi connectivity index (χ4n) is 2.18. The number of aromatic nitrogens is 1. The topological polar surface area (TPSA) is 72.5 Å². The molecule has 6 nitrogen and oxygen atoms in total. The highest BCUT2D eigenvalue weighted by atomic mass is 16.5. The van der Waals surface area contributed by atoms with Crippen molar-refractivity contribution in [2.24, 2.45) is 0 Å². The number of benzene rings is 1. The van der Waals surface area contributed by atoms with Gasteiger partial charge in [0.05, 0.1) is 19.8 Å². The Bertz CT molecular complexity index is 684. The van der Waals surface area contributed by atoms with Crippen molar-refractivity contribution < 1.29 is 14.3 Å². The number of nitrogens with zero attached hydrogens (tertiary/aromatic N) is 1. The second kappa shape index (κ2) is 8.19. The van der Waals surface area contributed by atoms with Gasteiger partial charge in [-0.05, 0) is 43.7 Å². The number of ether oxygens (including phenoxy) is 2. The predicted octanol–water partition coefficient (Wildman–Crippen LogP) is 2.85. The lowest BCUT2D eigenvalue weighted by molar-refractivity contribution is 0.0950. The molecule has 0 saturated carbocycles. The molecule has 1 amide bonds. The van der Waals surface area contributed by atoms with Gasteiger partial charge in [-0.2, -0.15) is 0 Å². The van der Waals surface area contributed by atoms with Crippen molar-refractivity contribution in [3.63, 3.8) is 0 Å². The van der Waals surface area contributed by atoms with Crippen LogP contribution < -0.4 is 20.1 Å². The summed E-state index contributed by atoms with van der Waals surface area (Å²) in [6.07, 6.45) is 1.56. The zero-order valence-corrected chi connectivity index (χ0v) is 14.4. The van der Waals surface area contributed by atoms with E-state index in [9.17, 15) is 4.79 Å². The van der Waals surface area contributed by atoms with Gasteiger partial charge in [-0.15, -0.1) is 0 Å². The predicted molar refractivity (Wildman–Crippen MR) is 93.7 cm³/mol. The number of rotatable bonds is 7. The lowest BCUT2D eigenvalue weighted by Gasteiger charge is -2.11. The number of amides is 1. The molecule has 0 aliphatic heterocycles. The van der Waals surface area contributed by atoms with Crippen molar-refractivity contribution in [3.05, 3.63) is 47.7 Å². The van der Waals surface area contributed by atoms with Gasteiger partial charge < -0.3 is 20.1 Å². The average Bonchev–Trinajstić information content (AvgIpc) is 2.59. The Kier molecular flexibility index (Phi) is 6.01. The standard InChI is InChI=1S/C18H23N3O3/c1-12(2)21-17-8-6-14(11-19-17)18(22)20-10-13-5-7-15(23-3)16(9-13)24-4/h5-9,11-12H,10H2,1-4H3,(H,19,21)(H,20,22). The zero-order chi connectivity index (χ0) is 17.5. The van der Waals surface area contributed by atoms with Crippen LogP contribution in [0.15, 0.2) is 36.5 Å². The van der Waals surface area contributed by atoms with Crippen molar-refractivity contribution in [1.82, 2.24) is 10.3 Å². The summed E-state index contributed by atoms with van der Waals surface area (Å²) in [6.45, 7) is 4.46. The average molecular weight is 329 g/mol. The molecule has 0 fully saturated rings. The van der Waals surface area contributed by atoms with Gasteiger partial charge in [0, 0.05) is 18.8 Å². The molecule has 0 bridgehead atoms. The molecule has 1 aromatic heterocycles. The van der Waals surface area contributed by atoms with Crippen molar-refractivity contribution in [3.8, 4) is 11.5 Å². The van der Waals surface area contributed by atoms with E-state index >= 15 is 0 Å². The summed E-state index contributed by atoms with van der Waals surface area (Å²) >= 11 is 0. The van der Waals surface area contributed by atoms with Gasteiger partial charge in [-0.3, -0.25) is 4.79 Å². The van der Waals surface area contributed by atoms with Crippen molar-refractivity contribution >= 4 is 11.7 Å². The molecule has 0 aliphatic carbocycles. The van der Waals surface area contributed by atoms with E-state index in [1.54, 1.807) is 32.5 Å². The third kappa shape index (κ3) is 4.62. The van der Waals surface area contributed by atoms with Crippen molar-refractivity contribution in [1.29, 1.82) is 0 Å². The molecule has 24 heavy (non-hydrogen) atoms. The Balaban J connectivity index is 1.97. The minimum Gasteiger partial charge on any atom is -0.493 e. The molecule has 2 aromatic rings. The Morgan fingerprint density at radius 1 is 1.12 bits per heavy atom. The SMILES string of the molecule is COc1ccc(CNC(=O)c2ccc(NC(C)C)nc2)cc1OC. The summed E-state index contributed by atoms with van der Waals surface area (Å²) in [5, 5.41) is 6.05. The van der Waals surface area contributed by atoms with E-state index < -0.39 is 0 Å². The molecule has 0 radical (unpaired) electrons. The van der Waals surface area contributed by atoms with Gasteiger partial charge in [0.25, 0.3) is 5.91 Å². The molecular weight excluding hydrogens is 306 g/mol. The largest absolute Gasteiger partial charge is 0.493 e. The second-order valence-electron chi connectivity index (χ2n) is 5.60. The van der Waals surface area contributed by atoms with Gasteiger partial charge in [0.1, 0.15) is 5.82 Å². The summed E-state index contributed by atoms with van der Waals surface area (Å²) in [5.41, 5.74) is 1.44. The molecule has 2 rings (SSSR count). The fraction of sp³-hybridized carbons (Fsp3) is 0.333. The lowest BCUT2D eigenvalue weighted by atomic mass is 10.2. The molecule has 1 heterocycles. The first kappa shape index (κ1) is 17.6. The molecule has 0 unspecified atom stereocenters. The summed E-state index contributed by atoms with van der Waals surface area (Å²) in [4.78, 5) is 16.4. The molecule has 6 heteroatoms. The van der Waals surface area contributed by atoms with Crippen LogP contribution in [0.25, 0.3) is 0 Å². The molecular formula is C18H23N3O3. The molecule has 1 aromatic carbocycles. The molecule has 128 valence electrons. The van der Waals surface area contributed by atoms with E-state index in [2.05, 4.69) is 15.6 Å². The first-order chi connectivity index (χ1) is 11.5. The quantitative estimate of drug-likeness (QED) is 0.817. The maximum atomic E-state index is 12.2. The van der Waals surface area contributed by atoms with Crippen LogP contribution >= 0.6 is 0 Å². The van der Waals surface area contributed by atoms with E-state index in [1.807, 2.05) is 32.0 Å². The molecule has 0 saturated heterocycles. The Morgan fingerprint density at radius 3 is 2.46 bits per heavy atom. The number of nitrogens with one attached hydrogen (secondary N) is 2. The minimum absolute atomic E-state index is 0.173. The maximum Gasteiger partial charge on any atom is 0.253 e. The monoisotopic (exact) mass is 329 g/mol. The first-order valence-electron chi connectivity index (χ1n) is 7.75. The molecule has 0 aliphatic rings. The number of anilines is 1. The number of carbonyl (C=O) groups excluding carboxylic acids is 1. The van der Waals surface area contributed by atoms with Gasteiger partial charge in [-0.25, -0.2) is 4.98 Å². The minimum atomic E-state index is -0.173. The van der Waals surface area contributed by atoms with Crippen LogP contribution in [0, 0.1) is 0 Å². The molecule has 0 spiro atoms. The first-order valence-corrected chi connectivity index (χ1v) is 7.75. The number of hydrogen-bond acceptors (Lipinski definition) is 5. The van der Waals surface area contributed by atoms with Crippen LogP contribution in [0.4, 0.5) is 5.82 Å². The molecule has 0 atom stereocenters. The summed E-state index contributed by atoms with van der Waals surface area (Å²) in [5.74, 6) is 1.87. The highest BCUT2D eigenvalue weighted by Crippen LogP contribution is 2.27. The van der Waals surface area contributed by atoms with Gasteiger partial charge in [0.2, 0.25) is 0 Å². The normalized spacial score (nSPS) is 10.4. The second-order valence-corrected chi connectivity index (χ2v) is 5.60. The number of methoxy groups -OCH3 is 2. The molecule has 2 N–H and O–H groups in total. The summed E-state index contributed by atoms with van der Waals surface area (Å²) in [6, 6.07) is 9.38. The highest BCUT2D eigenvalue weighted by Gasteiger charge is 2.08. The third-order valence-electron chi connectivity index (χ3n) is 3.36. The Hall–Kier alpha value is -2.76. The summed E-state index contributed by atoms with van der Waals surface area (Å²) < 4.78 is 10.5. The van der Waals surface area contributed by atoms with Crippen LogP contribution in [0.3, 0.4) is 0 Å². The fourth-order valence-corrected chi connectivity index (χ4v) is 2.18. The van der Waals surface area contributed by atoms with Crippen LogP contribution in [-0.4, -0.2) is 31.2 Å². The van der Waals surface area contributed by atoms with Crippen molar-refractivity contribution in [2.75, 3.05) is 19.5 Å².